The van der Waals surface area contributed by atoms with Crippen LogP contribution in [0.2, 0.25) is 0 Å². The smallest absolute Gasteiger partial charge is 0.217 e. The van der Waals surface area contributed by atoms with E-state index in [1.807, 2.05) is 68.7 Å². The quantitative estimate of drug-likeness (QED) is 0.346. The average molecular weight is 495 g/mol. The highest BCUT2D eigenvalue weighted by Gasteiger charge is 2.42. The summed E-state index contributed by atoms with van der Waals surface area (Å²) < 4.78 is 12.2. The number of methoxy groups -OCH3 is 1. The second-order valence-electron chi connectivity index (χ2n) is 8.26. The second kappa shape index (κ2) is 9.45. The number of aromatic nitrogens is 1. The molecule has 5 nitrogen and oxygen atoms in total. The maximum absolute atomic E-state index is 12.4. The van der Waals surface area contributed by atoms with Crippen molar-refractivity contribution >= 4 is 26.8 Å². The summed E-state index contributed by atoms with van der Waals surface area (Å²) >= 11 is 3.56. The van der Waals surface area contributed by atoms with Gasteiger partial charge in [-0.2, -0.15) is 0 Å². The monoisotopic (exact) mass is 494 g/mol. The van der Waals surface area contributed by atoms with Crippen molar-refractivity contribution in [1.29, 1.82) is 0 Å². The van der Waals surface area contributed by atoms with Crippen LogP contribution in [-0.4, -0.2) is 42.7 Å². The van der Waals surface area contributed by atoms with E-state index in [1.165, 1.54) is 0 Å². The normalized spacial score (nSPS) is 14.4. The van der Waals surface area contributed by atoms with E-state index in [1.54, 1.807) is 19.6 Å². The van der Waals surface area contributed by atoms with Crippen molar-refractivity contribution < 1.29 is 14.3 Å². The van der Waals surface area contributed by atoms with Crippen LogP contribution in [0.4, 0.5) is 0 Å². The van der Waals surface area contributed by atoms with Crippen molar-refractivity contribution in [3.8, 4) is 5.88 Å². The number of benzene rings is 2. The Hall–Kier alpha value is -2.67. The summed E-state index contributed by atoms with van der Waals surface area (Å²) in [5.41, 5.74) is 2.12. The van der Waals surface area contributed by atoms with Crippen molar-refractivity contribution in [2.24, 2.45) is 0 Å². The van der Waals surface area contributed by atoms with Crippen LogP contribution in [0, 0.1) is 0 Å². The highest BCUT2D eigenvalue weighted by atomic mass is 79.9. The summed E-state index contributed by atoms with van der Waals surface area (Å²) in [5.74, 6) is 0.0414. The third-order valence-electron chi connectivity index (χ3n) is 5.84. The molecule has 0 amide bonds. The summed E-state index contributed by atoms with van der Waals surface area (Å²) in [5, 5.41) is 13.4. The fourth-order valence-electron chi connectivity index (χ4n) is 4.24. The lowest BCUT2D eigenvalue weighted by Gasteiger charge is -2.38. The summed E-state index contributed by atoms with van der Waals surface area (Å²) in [7, 11) is 5.63. The van der Waals surface area contributed by atoms with Gasteiger partial charge in [0.15, 0.2) is 0 Å². The highest BCUT2D eigenvalue weighted by molar-refractivity contribution is 9.10. The first kappa shape index (κ1) is 22.5. The zero-order valence-electron chi connectivity index (χ0n) is 18.5. The molecule has 2 atom stereocenters. The first-order valence-corrected chi connectivity index (χ1v) is 11.3. The van der Waals surface area contributed by atoms with E-state index in [4.69, 9.17) is 14.1 Å². The summed E-state index contributed by atoms with van der Waals surface area (Å²) in [6, 6.07) is 19.7. The van der Waals surface area contributed by atoms with Crippen LogP contribution in [0.25, 0.3) is 10.9 Å². The number of ether oxygens (including phenoxy) is 1. The molecule has 0 radical (unpaired) electrons. The zero-order valence-corrected chi connectivity index (χ0v) is 20.0. The largest absolute Gasteiger partial charge is 0.481 e. The van der Waals surface area contributed by atoms with Crippen LogP contribution in [0.5, 0.6) is 5.88 Å². The van der Waals surface area contributed by atoms with Crippen molar-refractivity contribution in [1.82, 2.24) is 9.88 Å². The number of hydrogen-bond donors (Lipinski definition) is 1. The number of rotatable bonds is 8. The lowest BCUT2D eigenvalue weighted by molar-refractivity contribution is 0.00365. The fourth-order valence-corrected chi connectivity index (χ4v) is 4.62. The third kappa shape index (κ3) is 4.44. The van der Waals surface area contributed by atoms with Gasteiger partial charge < -0.3 is 19.2 Å². The molecular weight excluding hydrogens is 468 g/mol. The van der Waals surface area contributed by atoms with E-state index >= 15 is 0 Å². The van der Waals surface area contributed by atoms with Gasteiger partial charge in [0.2, 0.25) is 5.88 Å². The number of nitrogens with zero attached hydrogens (tertiary/aromatic N) is 2. The van der Waals surface area contributed by atoms with Crippen LogP contribution in [0.3, 0.4) is 0 Å². The van der Waals surface area contributed by atoms with Crippen molar-refractivity contribution in [3.05, 3.63) is 94.4 Å². The number of halogens is 1. The maximum atomic E-state index is 12.4. The molecule has 4 rings (SSSR count). The molecule has 0 aliphatic carbocycles. The molecular formula is C26H27BrN2O3. The molecule has 0 spiro atoms. The van der Waals surface area contributed by atoms with Crippen LogP contribution in [0.15, 0.2) is 82.1 Å². The lowest BCUT2D eigenvalue weighted by atomic mass is 9.72. The van der Waals surface area contributed by atoms with E-state index in [2.05, 4.69) is 26.9 Å². The Bertz CT molecular complexity index is 1180. The topological polar surface area (TPSA) is 58.7 Å². The Kier molecular flexibility index (Phi) is 6.65. The average Bonchev–Trinajstić information content (AvgIpc) is 3.32. The minimum atomic E-state index is -1.22. The van der Waals surface area contributed by atoms with E-state index < -0.39 is 11.5 Å². The van der Waals surface area contributed by atoms with Crippen LogP contribution >= 0.6 is 15.9 Å². The summed E-state index contributed by atoms with van der Waals surface area (Å²) in [6.07, 6.45) is 3.84. The third-order valence-corrected chi connectivity index (χ3v) is 6.34. The first-order chi connectivity index (χ1) is 15.4. The number of pyridine rings is 1. The molecule has 4 aromatic rings. The van der Waals surface area contributed by atoms with Crippen molar-refractivity contribution in [3.63, 3.8) is 0 Å². The molecule has 2 aromatic carbocycles. The van der Waals surface area contributed by atoms with Crippen LogP contribution in [-0.2, 0) is 5.60 Å². The number of hydrogen-bond acceptors (Lipinski definition) is 5. The Morgan fingerprint density at radius 3 is 2.56 bits per heavy atom. The number of furan rings is 1. The molecule has 1 N–H and O–H groups in total. The molecule has 0 aliphatic heterocycles. The molecule has 6 heteroatoms. The van der Waals surface area contributed by atoms with Gasteiger partial charge in [-0.1, -0.05) is 46.3 Å². The minimum Gasteiger partial charge on any atom is -0.481 e. The van der Waals surface area contributed by atoms with E-state index in [0.29, 0.717) is 18.8 Å². The number of aliphatic hydroxyl groups is 1. The Labute approximate surface area is 196 Å². The van der Waals surface area contributed by atoms with E-state index in [9.17, 15) is 5.11 Å². The molecule has 2 heterocycles. The van der Waals surface area contributed by atoms with Gasteiger partial charge in [0.25, 0.3) is 0 Å². The van der Waals surface area contributed by atoms with Gasteiger partial charge >= 0.3 is 0 Å². The molecule has 32 heavy (non-hydrogen) atoms. The molecule has 0 saturated heterocycles. The molecule has 0 fully saturated rings. The van der Waals surface area contributed by atoms with Gasteiger partial charge in [0.05, 0.1) is 31.1 Å². The van der Waals surface area contributed by atoms with Crippen LogP contribution < -0.4 is 4.74 Å². The molecule has 0 aliphatic rings. The first-order valence-electron chi connectivity index (χ1n) is 10.5. The lowest BCUT2D eigenvalue weighted by Crippen LogP contribution is -2.37. The molecule has 166 valence electrons. The predicted molar refractivity (Wildman–Crippen MR) is 130 cm³/mol. The standard InChI is InChI=1S/C26H27BrN2O3/c1-29(2)13-12-26(30,20-7-5-4-6-8-20)24(18-11-14-32-17-18)22-16-19-15-21(27)9-10-23(19)28-25(22)31-3/h4-11,14-17,24,30H,12-13H2,1-3H3. The molecule has 0 bridgehead atoms. The van der Waals surface area contributed by atoms with Crippen molar-refractivity contribution in [2.45, 2.75) is 17.9 Å². The van der Waals surface area contributed by atoms with Gasteiger partial charge in [-0.3, -0.25) is 0 Å². The van der Waals surface area contributed by atoms with Gasteiger partial charge in [-0.05, 0) is 56.4 Å². The summed E-state index contributed by atoms with van der Waals surface area (Å²) in [4.78, 5) is 6.85. The summed E-state index contributed by atoms with van der Waals surface area (Å²) in [6.45, 7) is 0.703. The molecule has 2 unspecified atom stereocenters. The maximum Gasteiger partial charge on any atom is 0.217 e. The van der Waals surface area contributed by atoms with Gasteiger partial charge in [-0.25, -0.2) is 4.98 Å². The molecule has 2 aromatic heterocycles. The van der Waals surface area contributed by atoms with E-state index in [0.717, 1.165) is 32.1 Å². The Morgan fingerprint density at radius 1 is 1.12 bits per heavy atom. The highest BCUT2D eigenvalue weighted by Crippen LogP contribution is 2.47. The predicted octanol–water partition coefficient (Wildman–Crippen LogP) is 5.57. The van der Waals surface area contributed by atoms with E-state index in [-0.39, 0.29) is 0 Å². The Balaban J connectivity index is 1.98. The van der Waals surface area contributed by atoms with Crippen molar-refractivity contribution in [2.75, 3.05) is 27.7 Å². The van der Waals surface area contributed by atoms with Gasteiger partial charge in [-0.15, -0.1) is 0 Å². The minimum absolute atomic E-state index is 0.450. The SMILES string of the molecule is COc1nc2ccc(Br)cc2cc1C(c1ccoc1)C(O)(CCN(C)C)c1ccccc1. The van der Waals surface area contributed by atoms with Crippen LogP contribution in [0.1, 0.15) is 29.0 Å². The van der Waals surface area contributed by atoms with Gasteiger partial charge in [0, 0.05) is 27.5 Å². The van der Waals surface area contributed by atoms with Gasteiger partial charge in [0.1, 0.15) is 5.60 Å². The molecule has 0 saturated carbocycles. The fraction of sp³-hybridized carbons (Fsp3) is 0.269. The zero-order chi connectivity index (χ0) is 22.7. The number of fused-ring (bicyclic) bond motifs is 1. The second-order valence-corrected chi connectivity index (χ2v) is 9.17. The Morgan fingerprint density at radius 2 is 1.91 bits per heavy atom.